The van der Waals surface area contributed by atoms with E-state index >= 15 is 0 Å². The lowest BCUT2D eigenvalue weighted by Gasteiger charge is -2.35. The summed E-state index contributed by atoms with van der Waals surface area (Å²) >= 11 is 6.18. The Balaban J connectivity index is 0.000000921. The number of piperazine rings is 1. The van der Waals surface area contributed by atoms with Crippen molar-refractivity contribution in [1.82, 2.24) is 9.80 Å². The first-order chi connectivity index (χ1) is 13.6. The third-order valence-electron chi connectivity index (χ3n) is 4.35. The van der Waals surface area contributed by atoms with Crippen molar-refractivity contribution < 1.29 is 0 Å². The molecule has 0 unspecified atom stereocenters. The van der Waals surface area contributed by atoms with E-state index in [0.29, 0.717) is 5.02 Å². The molecule has 0 atom stereocenters. The molecule has 0 bridgehead atoms. The van der Waals surface area contributed by atoms with Gasteiger partial charge in [0.2, 0.25) is 0 Å². The molecule has 0 aliphatic carbocycles. The SMILES string of the molecule is C=C/C=C\C1=C(C)Nc2ccc(Cl)cc2N=C1N1CCN(C)CC1.CC.CC. The molecule has 2 heterocycles. The molecule has 0 saturated carbocycles. The number of hydrogen-bond acceptors (Lipinski definition) is 4. The van der Waals surface area contributed by atoms with Crippen molar-refractivity contribution in [2.24, 2.45) is 4.99 Å². The van der Waals surface area contributed by atoms with Gasteiger partial charge >= 0.3 is 0 Å². The van der Waals surface area contributed by atoms with Gasteiger partial charge in [0.15, 0.2) is 0 Å². The molecule has 3 rings (SSSR count). The Bertz CT molecular complexity index is 726. The molecule has 28 heavy (non-hydrogen) atoms. The van der Waals surface area contributed by atoms with Crippen LogP contribution in [0.4, 0.5) is 11.4 Å². The molecular weight excluding hydrogens is 368 g/mol. The number of benzene rings is 1. The van der Waals surface area contributed by atoms with Gasteiger partial charge in [-0.2, -0.15) is 0 Å². The number of allylic oxidation sites excluding steroid dienone is 3. The molecule has 1 fully saturated rings. The molecule has 0 aromatic heterocycles. The highest BCUT2D eigenvalue weighted by Crippen LogP contribution is 2.34. The summed E-state index contributed by atoms with van der Waals surface area (Å²) in [5, 5.41) is 4.16. The zero-order valence-corrected chi connectivity index (χ0v) is 19.0. The summed E-state index contributed by atoms with van der Waals surface area (Å²) in [5.41, 5.74) is 4.02. The predicted octanol–water partition coefficient (Wildman–Crippen LogP) is 6.11. The lowest BCUT2D eigenvalue weighted by atomic mass is 10.1. The fraction of sp³-hybridized carbons (Fsp3) is 0.435. The van der Waals surface area contributed by atoms with E-state index in [4.69, 9.17) is 16.6 Å². The van der Waals surface area contributed by atoms with Crippen molar-refractivity contribution in [3.8, 4) is 0 Å². The summed E-state index contributed by atoms with van der Waals surface area (Å²) in [5.74, 6) is 0.993. The lowest BCUT2D eigenvalue weighted by molar-refractivity contribution is 0.215. The van der Waals surface area contributed by atoms with E-state index in [1.54, 1.807) is 6.08 Å². The first-order valence-electron chi connectivity index (χ1n) is 10.2. The Morgan fingerprint density at radius 3 is 2.36 bits per heavy atom. The van der Waals surface area contributed by atoms with Gasteiger partial charge < -0.3 is 15.1 Å². The van der Waals surface area contributed by atoms with Crippen molar-refractivity contribution in [3.63, 3.8) is 0 Å². The van der Waals surface area contributed by atoms with Crippen molar-refractivity contribution in [2.75, 3.05) is 38.5 Å². The minimum absolute atomic E-state index is 0.694. The van der Waals surface area contributed by atoms with Crippen LogP contribution in [-0.4, -0.2) is 48.9 Å². The van der Waals surface area contributed by atoms with Crippen LogP contribution in [0.1, 0.15) is 34.6 Å². The standard InChI is InChI=1S/C19H23ClN4.2C2H6/c1-4-5-6-16-14(2)21-17-8-7-15(20)13-18(17)22-19(16)24-11-9-23(3)10-12-24;2*1-2/h4-8,13,21H,1,9-12H2,2-3H3;2*1-2H3/b6-5-;;. The first kappa shape index (κ1) is 24.0. The molecule has 2 aliphatic heterocycles. The molecule has 0 amide bonds. The van der Waals surface area contributed by atoms with Gasteiger partial charge in [-0.15, -0.1) is 0 Å². The Morgan fingerprint density at radius 1 is 1.11 bits per heavy atom. The summed E-state index contributed by atoms with van der Waals surface area (Å²) in [7, 11) is 2.16. The maximum Gasteiger partial charge on any atom is 0.138 e. The molecule has 1 saturated heterocycles. The van der Waals surface area contributed by atoms with Crippen LogP contribution in [-0.2, 0) is 0 Å². The van der Waals surface area contributed by atoms with Crippen LogP contribution in [0.5, 0.6) is 0 Å². The number of fused-ring (bicyclic) bond motifs is 1. The third-order valence-corrected chi connectivity index (χ3v) is 4.59. The van der Waals surface area contributed by atoms with E-state index in [2.05, 4.69) is 41.7 Å². The van der Waals surface area contributed by atoms with Crippen molar-refractivity contribution in [2.45, 2.75) is 34.6 Å². The van der Waals surface area contributed by atoms with Crippen LogP contribution in [0.3, 0.4) is 0 Å². The second kappa shape index (κ2) is 12.4. The molecule has 0 radical (unpaired) electrons. The molecule has 154 valence electrons. The molecule has 4 nitrogen and oxygen atoms in total. The number of nitrogens with one attached hydrogen (secondary N) is 1. The van der Waals surface area contributed by atoms with Gasteiger partial charge in [-0.3, -0.25) is 0 Å². The maximum absolute atomic E-state index is 6.18. The van der Waals surface area contributed by atoms with Gasteiger partial charge in [0, 0.05) is 42.5 Å². The molecule has 1 aromatic carbocycles. The van der Waals surface area contributed by atoms with E-state index in [-0.39, 0.29) is 0 Å². The summed E-state index contributed by atoms with van der Waals surface area (Å²) in [6.07, 6.45) is 5.81. The van der Waals surface area contributed by atoms with E-state index in [9.17, 15) is 0 Å². The molecular formula is C23H35ClN4. The average Bonchev–Trinajstić information content (AvgIpc) is 2.86. The van der Waals surface area contributed by atoms with Gasteiger partial charge in [0.25, 0.3) is 0 Å². The van der Waals surface area contributed by atoms with E-state index in [1.807, 2.05) is 52.0 Å². The normalized spacial score (nSPS) is 16.7. The minimum atomic E-state index is 0.694. The van der Waals surface area contributed by atoms with Crippen LogP contribution >= 0.6 is 11.6 Å². The number of aliphatic imine (C=N–C) groups is 1. The van der Waals surface area contributed by atoms with E-state index in [0.717, 1.165) is 54.7 Å². The summed E-state index contributed by atoms with van der Waals surface area (Å²) in [6.45, 7) is 17.9. The highest BCUT2D eigenvalue weighted by molar-refractivity contribution is 6.31. The smallest absolute Gasteiger partial charge is 0.138 e. The van der Waals surface area contributed by atoms with Gasteiger partial charge in [-0.25, -0.2) is 4.99 Å². The Labute approximate surface area is 176 Å². The number of likely N-dealkylation sites (N-methyl/N-ethyl adjacent to an activating group) is 1. The zero-order valence-electron chi connectivity index (χ0n) is 18.2. The number of amidine groups is 1. The molecule has 5 heteroatoms. The summed E-state index contributed by atoms with van der Waals surface area (Å²) in [4.78, 5) is 9.66. The van der Waals surface area contributed by atoms with Crippen LogP contribution < -0.4 is 5.32 Å². The Kier molecular flexibility index (Phi) is 10.6. The van der Waals surface area contributed by atoms with E-state index < -0.39 is 0 Å². The Morgan fingerprint density at radius 2 is 1.75 bits per heavy atom. The van der Waals surface area contributed by atoms with Crippen LogP contribution in [0.2, 0.25) is 5.02 Å². The van der Waals surface area contributed by atoms with Crippen LogP contribution in [0.25, 0.3) is 0 Å². The summed E-state index contributed by atoms with van der Waals surface area (Å²) < 4.78 is 0. The number of nitrogens with zero attached hydrogens (tertiary/aromatic N) is 3. The molecule has 2 aliphatic rings. The first-order valence-corrected chi connectivity index (χ1v) is 10.6. The monoisotopic (exact) mass is 402 g/mol. The van der Waals surface area contributed by atoms with Gasteiger partial charge in [-0.1, -0.05) is 58.0 Å². The highest BCUT2D eigenvalue weighted by atomic mass is 35.5. The van der Waals surface area contributed by atoms with Crippen LogP contribution in [0.15, 0.2) is 59.3 Å². The number of anilines is 1. The fourth-order valence-electron chi connectivity index (χ4n) is 2.94. The van der Waals surface area contributed by atoms with Crippen molar-refractivity contribution in [3.05, 3.63) is 59.3 Å². The topological polar surface area (TPSA) is 30.9 Å². The number of hydrogen-bond donors (Lipinski definition) is 1. The van der Waals surface area contributed by atoms with Crippen molar-refractivity contribution >= 4 is 28.8 Å². The minimum Gasteiger partial charge on any atom is -0.357 e. The largest absolute Gasteiger partial charge is 0.357 e. The maximum atomic E-state index is 6.18. The second-order valence-electron chi connectivity index (χ2n) is 6.15. The summed E-state index contributed by atoms with van der Waals surface area (Å²) in [6, 6.07) is 5.77. The molecule has 0 spiro atoms. The second-order valence-corrected chi connectivity index (χ2v) is 6.58. The molecule has 1 aromatic rings. The quantitative estimate of drug-likeness (QED) is 0.605. The van der Waals surface area contributed by atoms with E-state index in [1.165, 1.54) is 0 Å². The Hall–Kier alpha value is -2.04. The fourth-order valence-corrected chi connectivity index (χ4v) is 3.10. The highest BCUT2D eigenvalue weighted by Gasteiger charge is 2.23. The number of halogens is 1. The van der Waals surface area contributed by atoms with Gasteiger partial charge in [0.05, 0.1) is 11.4 Å². The lowest BCUT2D eigenvalue weighted by Crippen LogP contribution is -2.47. The van der Waals surface area contributed by atoms with Crippen molar-refractivity contribution in [1.29, 1.82) is 0 Å². The zero-order chi connectivity index (χ0) is 21.1. The van der Waals surface area contributed by atoms with Gasteiger partial charge in [-0.05, 0) is 38.2 Å². The third kappa shape index (κ3) is 6.25. The number of rotatable bonds is 2. The van der Waals surface area contributed by atoms with Crippen LogP contribution in [0, 0.1) is 0 Å². The van der Waals surface area contributed by atoms with Gasteiger partial charge in [0.1, 0.15) is 5.84 Å². The molecule has 1 N–H and O–H groups in total. The predicted molar refractivity (Wildman–Crippen MR) is 126 cm³/mol. The average molecular weight is 403 g/mol.